The van der Waals surface area contributed by atoms with Crippen molar-refractivity contribution in [2.45, 2.75) is 32.8 Å². The first-order valence-corrected chi connectivity index (χ1v) is 6.23. The average Bonchev–Trinajstić information content (AvgIpc) is 2.33. The van der Waals surface area contributed by atoms with Gasteiger partial charge in [0.25, 0.3) is 0 Å². The number of hydrogen-bond donors (Lipinski definition) is 2. The minimum atomic E-state index is -0.414. The van der Waals surface area contributed by atoms with Crippen LogP contribution in [-0.2, 0) is 6.42 Å². The van der Waals surface area contributed by atoms with E-state index in [0.717, 1.165) is 18.6 Å². The number of aliphatic hydroxyl groups is 1. The fourth-order valence-corrected chi connectivity index (χ4v) is 1.47. The lowest BCUT2D eigenvalue weighted by Gasteiger charge is -2.15. The summed E-state index contributed by atoms with van der Waals surface area (Å²) in [5.74, 6) is 1.04. The molecule has 3 N–H and O–H groups in total. The number of rotatable bonds is 7. The zero-order valence-corrected chi connectivity index (χ0v) is 10.7. The molecule has 1 aromatic rings. The van der Waals surface area contributed by atoms with Crippen molar-refractivity contribution < 1.29 is 9.84 Å². The standard InChI is InChI=1S/C14H23NO2/c1-11(2)14(16)10-17-13-7-3-5-12(9-13)6-4-8-15/h3,5,7,9,11,14,16H,4,6,8,10,15H2,1-2H3. The van der Waals surface area contributed by atoms with Crippen LogP contribution in [0.25, 0.3) is 0 Å². The molecule has 0 aliphatic heterocycles. The Morgan fingerprint density at radius 2 is 2.12 bits per heavy atom. The third-order valence-electron chi connectivity index (χ3n) is 2.76. The lowest BCUT2D eigenvalue weighted by atomic mass is 10.1. The molecule has 1 aromatic carbocycles. The van der Waals surface area contributed by atoms with Gasteiger partial charge < -0.3 is 15.6 Å². The SMILES string of the molecule is CC(C)C(O)COc1cccc(CCCN)c1. The lowest BCUT2D eigenvalue weighted by Crippen LogP contribution is -2.23. The van der Waals surface area contributed by atoms with Crippen LogP contribution in [0.3, 0.4) is 0 Å². The summed E-state index contributed by atoms with van der Waals surface area (Å²) in [6.45, 7) is 5.01. The van der Waals surface area contributed by atoms with Crippen LogP contribution < -0.4 is 10.5 Å². The van der Waals surface area contributed by atoms with E-state index in [4.69, 9.17) is 10.5 Å². The highest BCUT2D eigenvalue weighted by Gasteiger charge is 2.09. The van der Waals surface area contributed by atoms with Gasteiger partial charge in [-0.2, -0.15) is 0 Å². The summed E-state index contributed by atoms with van der Waals surface area (Å²) in [6.07, 6.45) is 1.54. The highest BCUT2D eigenvalue weighted by atomic mass is 16.5. The molecule has 1 unspecified atom stereocenters. The van der Waals surface area contributed by atoms with Gasteiger partial charge in [0, 0.05) is 0 Å². The minimum absolute atomic E-state index is 0.218. The zero-order valence-electron chi connectivity index (χ0n) is 10.7. The van der Waals surface area contributed by atoms with E-state index in [1.165, 1.54) is 5.56 Å². The molecule has 0 saturated heterocycles. The quantitative estimate of drug-likeness (QED) is 0.762. The maximum Gasteiger partial charge on any atom is 0.119 e. The van der Waals surface area contributed by atoms with Crippen LogP contribution in [0.5, 0.6) is 5.75 Å². The van der Waals surface area contributed by atoms with Crippen LogP contribution >= 0.6 is 0 Å². The Labute approximate surface area is 104 Å². The monoisotopic (exact) mass is 237 g/mol. The van der Waals surface area contributed by atoms with Gasteiger partial charge in [0.05, 0.1) is 6.10 Å². The van der Waals surface area contributed by atoms with Gasteiger partial charge in [0.1, 0.15) is 12.4 Å². The fraction of sp³-hybridized carbons (Fsp3) is 0.571. The Morgan fingerprint density at radius 1 is 1.35 bits per heavy atom. The van der Waals surface area contributed by atoms with E-state index >= 15 is 0 Å². The third-order valence-corrected chi connectivity index (χ3v) is 2.76. The highest BCUT2D eigenvalue weighted by Crippen LogP contribution is 2.15. The normalized spacial score (nSPS) is 12.8. The number of aliphatic hydroxyl groups excluding tert-OH is 1. The molecule has 0 saturated carbocycles. The second-order valence-electron chi connectivity index (χ2n) is 4.66. The van der Waals surface area contributed by atoms with E-state index in [2.05, 4.69) is 6.07 Å². The average molecular weight is 237 g/mol. The predicted octanol–water partition coefficient (Wildman–Crippen LogP) is 1.97. The Kier molecular flexibility index (Phi) is 6.01. The molecule has 0 aromatic heterocycles. The van der Waals surface area contributed by atoms with Crippen LogP contribution in [0.1, 0.15) is 25.8 Å². The van der Waals surface area contributed by atoms with Crippen LogP contribution in [0.4, 0.5) is 0 Å². The van der Waals surface area contributed by atoms with Crippen molar-refractivity contribution in [3.63, 3.8) is 0 Å². The van der Waals surface area contributed by atoms with Crippen LogP contribution in [0.15, 0.2) is 24.3 Å². The Balaban J connectivity index is 2.48. The lowest BCUT2D eigenvalue weighted by molar-refractivity contribution is 0.0701. The largest absolute Gasteiger partial charge is 0.491 e. The number of aryl methyl sites for hydroxylation is 1. The summed E-state index contributed by atoms with van der Waals surface area (Å²) in [6, 6.07) is 7.98. The molecule has 0 aliphatic rings. The Bertz CT molecular complexity index is 326. The van der Waals surface area contributed by atoms with E-state index in [1.54, 1.807) is 0 Å². The molecule has 0 aliphatic carbocycles. The molecule has 1 atom stereocenters. The van der Waals surface area contributed by atoms with E-state index in [0.29, 0.717) is 13.2 Å². The van der Waals surface area contributed by atoms with E-state index < -0.39 is 6.10 Å². The molecule has 96 valence electrons. The second-order valence-corrected chi connectivity index (χ2v) is 4.66. The summed E-state index contributed by atoms with van der Waals surface area (Å²) >= 11 is 0. The molecule has 0 spiro atoms. The molecule has 0 fully saturated rings. The van der Waals surface area contributed by atoms with Gasteiger partial charge in [-0.05, 0) is 43.0 Å². The van der Waals surface area contributed by atoms with Crippen molar-refractivity contribution in [1.82, 2.24) is 0 Å². The topological polar surface area (TPSA) is 55.5 Å². The Morgan fingerprint density at radius 3 is 2.76 bits per heavy atom. The van der Waals surface area contributed by atoms with Crippen molar-refractivity contribution in [3.05, 3.63) is 29.8 Å². The first kappa shape index (κ1) is 14.0. The number of ether oxygens (including phenoxy) is 1. The zero-order chi connectivity index (χ0) is 12.7. The molecule has 3 nitrogen and oxygen atoms in total. The van der Waals surface area contributed by atoms with Crippen molar-refractivity contribution in [3.8, 4) is 5.75 Å². The molecule has 0 bridgehead atoms. The van der Waals surface area contributed by atoms with Crippen LogP contribution in [0.2, 0.25) is 0 Å². The first-order chi connectivity index (χ1) is 8.13. The van der Waals surface area contributed by atoms with E-state index in [9.17, 15) is 5.11 Å². The third kappa shape index (κ3) is 5.20. The van der Waals surface area contributed by atoms with Crippen LogP contribution in [-0.4, -0.2) is 24.4 Å². The van der Waals surface area contributed by atoms with E-state index in [-0.39, 0.29) is 5.92 Å². The highest BCUT2D eigenvalue weighted by molar-refractivity contribution is 5.28. The van der Waals surface area contributed by atoms with Crippen molar-refractivity contribution in [2.75, 3.05) is 13.2 Å². The van der Waals surface area contributed by atoms with Gasteiger partial charge in [0.2, 0.25) is 0 Å². The molecule has 1 rings (SSSR count). The molecule has 0 radical (unpaired) electrons. The maximum atomic E-state index is 9.66. The van der Waals surface area contributed by atoms with Crippen molar-refractivity contribution in [1.29, 1.82) is 0 Å². The minimum Gasteiger partial charge on any atom is -0.491 e. The molecular weight excluding hydrogens is 214 g/mol. The van der Waals surface area contributed by atoms with Gasteiger partial charge in [0.15, 0.2) is 0 Å². The number of nitrogens with two attached hydrogens (primary N) is 1. The molecule has 3 heteroatoms. The smallest absolute Gasteiger partial charge is 0.119 e. The van der Waals surface area contributed by atoms with Gasteiger partial charge >= 0.3 is 0 Å². The number of benzene rings is 1. The summed E-state index contributed by atoms with van der Waals surface area (Å²) in [5.41, 5.74) is 6.71. The van der Waals surface area contributed by atoms with Gasteiger partial charge in [-0.25, -0.2) is 0 Å². The summed E-state index contributed by atoms with van der Waals surface area (Å²) in [4.78, 5) is 0. The van der Waals surface area contributed by atoms with Crippen molar-refractivity contribution >= 4 is 0 Å². The molecule has 17 heavy (non-hydrogen) atoms. The van der Waals surface area contributed by atoms with Crippen molar-refractivity contribution in [2.24, 2.45) is 11.7 Å². The van der Waals surface area contributed by atoms with Gasteiger partial charge in [-0.15, -0.1) is 0 Å². The molecule has 0 amide bonds. The van der Waals surface area contributed by atoms with Crippen LogP contribution in [0, 0.1) is 5.92 Å². The summed E-state index contributed by atoms with van der Waals surface area (Å²) < 4.78 is 5.57. The van der Waals surface area contributed by atoms with Gasteiger partial charge in [-0.1, -0.05) is 26.0 Å². The van der Waals surface area contributed by atoms with Gasteiger partial charge in [-0.3, -0.25) is 0 Å². The van der Waals surface area contributed by atoms with E-state index in [1.807, 2.05) is 32.0 Å². The fourth-order valence-electron chi connectivity index (χ4n) is 1.47. The maximum absolute atomic E-state index is 9.66. The molecule has 0 heterocycles. The first-order valence-electron chi connectivity index (χ1n) is 6.23. The Hall–Kier alpha value is -1.06. The summed E-state index contributed by atoms with van der Waals surface area (Å²) in [7, 11) is 0. The second kappa shape index (κ2) is 7.30. The summed E-state index contributed by atoms with van der Waals surface area (Å²) in [5, 5.41) is 9.66. The predicted molar refractivity (Wildman–Crippen MR) is 70.2 cm³/mol. The molecular formula is C14H23NO2. The number of hydrogen-bond acceptors (Lipinski definition) is 3.